The fourth-order valence-electron chi connectivity index (χ4n) is 4.05. The van der Waals surface area contributed by atoms with Gasteiger partial charge in [0, 0.05) is 39.6 Å². The number of allylic oxidation sites excluding steroid dienone is 1. The molecule has 0 spiro atoms. The number of aromatic hydroxyl groups is 1. The molecule has 3 N–H and O–H groups in total. The van der Waals surface area contributed by atoms with E-state index in [4.69, 9.17) is 4.74 Å². The maximum Gasteiger partial charge on any atom is 0.257 e. The van der Waals surface area contributed by atoms with Gasteiger partial charge in [0.25, 0.3) is 11.8 Å². The molecule has 1 atom stereocenters. The number of aryl methyl sites for hydroxylation is 1. The zero-order valence-electron chi connectivity index (χ0n) is 20.0. The first-order valence-electron chi connectivity index (χ1n) is 11.2. The summed E-state index contributed by atoms with van der Waals surface area (Å²) in [7, 11) is 3.25. The minimum atomic E-state index is -0.846. The van der Waals surface area contributed by atoms with E-state index in [9.17, 15) is 20.0 Å². The van der Waals surface area contributed by atoms with Gasteiger partial charge in [0.05, 0.1) is 36.8 Å². The van der Waals surface area contributed by atoms with Crippen molar-refractivity contribution in [2.75, 3.05) is 17.7 Å². The Kier molecular flexibility index (Phi) is 8.06. The summed E-state index contributed by atoms with van der Waals surface area (Å²) in [4.78, 5) is 28.0. The number of phenolic OH excluding ortho intramolecular Hbond substituents is 1. The second kappa shape index (κ2) is 11.4. The van der Waals surface area contributed by atoms with E-state index in [1.54, 1.807) is 42.5 Å². The van der Waals surface area contributed by atoms with Crippen LogP contribution in [0.1, 0.15) is 18.0 Å². The average molecular weight is 579 g/mol. The molecular formula is C27H23BrN4O4S. The molecule has 0 aliphatic carbocycles. The van der Waals surface area contributed by atoms with Crippen LogP contribution in [-0.4, -0.2) is 28.6 Å². The first-order valence-corrected chi connectivity index (χ1v) is 12.8. The Hall–Kier alpha value is -3.94. The fourth-order valence-corrected chi connectivity index (χ4v) is 5.40. The van der Waals surface area contributed by atoms with Crippen molar-refractivity contribution in [3.63, 3.8) is 0 Å². The van der Waals surface area contributed by atoms with E-state index < -0.39 is 17.7 Å². The number of carbonyl (C=O) groups excluding carboxylic acids is 2. The van der Waals surface area contributed by atoms with Crippen molar-refractivity contribution in [1.29, 1.82) is 5.26 Å². The van der Waals surface area contributed by atoms with E-state index in [0.29, 0.717) is 16.3 Å². The number of benzene rings is 2. The predicted molar refractivity (Wildman–Crippen MR) is 147 cm³/mol. The number of nitrogens with one attached hydrogen (secondary N) is 2. The SMILES string of the molecule is COC1=C(C(=O)Nc2ccccc2O)C(c2cccn2C)C(C(=O)Nc2ccc(Br)cc2)=C(CC#N)S1. The number of hydrogen-bond acceptors (Lipinski definition) is 6. The van der Waals surface area contributed by atoms with Gasteiger partial charge in [-0.3, -0.25) is 9.59 Å². The summed E-state index contributed by atoms with van der Waals surface area (Å²) in [6.45, 7) is 0. The largest absolute Gasteiger partial charge is 0.506 e. The Balaban J connectivity index is 1.84. The normalized spacial score (nSPS) is 15.2. The van der Waals surface area contributed by atoms with Crippen LogP contribution in [0.25, 0.3) is 0 Å². The van der Waals surface area contributed by atoms with Crippen molar-refractivity contribution in [1.82, 2.24) is 4.57 Å². The molecular weight excluding hydrogens is 556 g/mol. The van der Waals surface area contributed by atoms with Crippen molar-refractivity contribution in [3.8, 4) is 11.8 Å². The standard InChI is InChI=1S/C27H23BrN4O4S/c1-32-15-5-7-19(32)22-23(25(34)30-17-11-9-16(28)10-12-17)21(13-14-29)37-27(36-2)24(22)26(35)31-18-6-3-4-8-20(18)33/h3-12,15,22,33H,13H2,1-2H3,(H,30,34)(H,31,35). The summed E-state index contributed by atoms with van der Waals surface area (Å²) in [5, 5.41) is 25.7. The number of aromatic nitrogens is 1. The van der Waals surface area contributed by atoms with Crippen LogP contribution < -0.4 is 10.6 Å². The molecule has 2 heterocycles. The third-order valence-electron chi connectivity index (χ3n) is 5.76. The molecule has 10 heteroatoms. The Bertz CT molecular complexity index is 1450. The molecule has 37 heavy (non-hydrogen) atoms. The second-order valence-electron chi connectivity index (χ2n) is 8.09. The van der Waals surface area contributed by atoms with Crippen LogP contribution in [0.2, 0.25) is 0 Å². The average Bonchev–Trinajstić information content (AvgIpc) is 3.31. The molecule has 0 saturated heterocycles. The molecule has 0 bridgehead atoms. The van der Waals surface area contributed by atoms with Crippen LogP contribution in [0, 0.1) is 11.3 Å². The van der Waals surface area contributed by atoms with Crippen LogP contribution in [0.5, 0.6) is 5.75 Å². The molecule has 0 radical (unpaired) electrons. The van der Waals surface area contributed by atoms with Crippen LogP contribution in [0.15, 0.2) is 92.5 Å². The number of ether oxygens (including phenoxy) is 1. The van der Waals surface area contributed by atoms with Crippen molar-refractivity contribution in [3.05, 3.63) is 98.2 Å². The molecule has 4 rings (SSSR count). The number of carbonyl (C=O) groups is 2. The number of nitriles is 1. The van der Waals surface area contributed by atoms with Gasteiger partial charge in [-0.25, -0.2) is 0 Å². The van der Waals surface area contributed by atoms with Crippen molar-refractivity contribution >= 4 is 50.9 Å². The molecule has 8 nitrogen and oxygen atoms in total. The van der Waals surface area contributed by atoms with Gasteiger partial charge in [-0.2, -0.15) is 5.26 Å². The van der Waals surface area contributed by atoms with E-state index in [1.165, 1.54) is 13.2 Å². The highest BCUT2D eigenvalue weighted by Crippen LogP contribution is 2.49. The van der Waals surface area contributed by atoms with Gasteiger partial charge in [-0.1, -0.05) is 39.8 Å². The maximum absolute atomic E-state index is 13.8. The molecule has 188 valence electrons. The second-order valence-corrected chi connectivity index (χ2v) is 10.1. The number of anilines is 2. The molecule has 1 aromatic heterocycles. The summed E-state index contributed by atoms with van der Waals surface area (Å²) in [5.41, 5.74) is 1.92. The van der Waals surface area contributed by atoms with E-state index in [1.807, 2.05) is 29.9 Å². The highest BCUT2D eigenvalue weighted by molar-refractivity contribution is 9.10. The number of amides is 2. The molecule has 1 aliphatic heterocycles. The van der Waals surface area contributed by atoms with Gasteiger partial charge in [0.2, 0.25) is 0 Å². The van der Waals surface area contributed by atoms with Gasteiger partial charge < -0.3 is 25.0 Å². The number of hydrogen-bond donors (Lipinski definition) is 3. The smallest absolute Gasteiger partial charge is 0.257 e. The lowest BCUT2D eigenvalue weighted by Gasteiger charge is -2.30. The number of methoxy groups -OCH3 is 1. The van der Waals surface area contributed by atoms with Crippen LogP contribution in [-0.2, 0) is 21.4 Å². The Morgan fingerprint density at radius 3 is 2.41 bits per heavy atom. The van der Waals surface area contributed by atoms with Crippen molar-refractivity contribution in [2.45, 2.75) is 12.3 Å². The number of rotatable bonds is 7. The van der Waals surface area contributed by atoms with E-state index in [-0.39, 0.29) is 34.1 Å². The highest BCUT2D eigenvalue weighted by atomic mass is 79.9. The molecule has 2 amide bonds. The summed E-state index contributed by atoms with van der Waals surface area (Å²) in [6, 6.07) is 19.2. The summed E-state index contributed by atoms with van der Waals surface area (Å²) < 4.78 is 8.31. The first-order chi connectivity index (χ1) is 17.8. The lowest BCUT2D eigenvalue weighted by molar-refractivity contribution is -0.113. The first kappa shape index (κ1) is 26.1. The van der Waals surface area contributed by atoms with Crippen LogP contribution >= 0.6 is 27.7 Å². The number of phenols is 1. The zero-order valence-corrected chi connectivity index (χ0v) is 22.4. The van der Waals surface area contributed by atoms with Crippen LogP contribution in [0.4, 0.5) is 11.4 Å². The topological polar surface area (TPSA) is 116 Å². The summed E-state index contributed by atoms with van der Waals surface area (Å²) >= 11 is 4.46. The third kappa shape index (κ3) is 5.58. The Morgan fingerprint density at radius 1 is 1.08 bits per heavy atom. The van der Waals surface area contributed by atoms with Gasteiger partial charge in [0.1, 0.15) is 5.75 Å². The monoisotopic (exact) mass is 578 g/mol. The molecule has 0 fully saturated rings. The minimum absolute atomic E-state index is 0.0457. The quantitative estimate of drug-likeness (QED) is 0.313. The van der Waals surface area contributed by atoms with Gasteiger partial charge in [0.15, 0.2) is 5.09 Å². The van der Waals surface area contributed by atoms with Crippen molar-refractivity contribution < 1.29 is 19.4 Å². The van der Waals surface area contributed by atoms with E-state index in [2.05, 4.69) is 32.6 Å². The number of nitrogens with zero attached hydrogens (tertiary/aromatic N) is 2. The number of halogens is 1. The zero-order chi connectivity index (χ0) is 26.5. The number of para-hydroxylation sites is 2. The van der Waals surface area contributed by atoms with E-state index >= 15 is 0 Å². The van der Waals surface area contributed by atoms with Gasteiger partial charge in [-0.15, -0.1) is 0 Å². The molecule has 3 aromatic rings. The summed E-state index contributed by atoms with van der Waals surface area (Å²) in [6.07, 6.45) is 1.77. The lowest BCUT2D eigenvalue weighted by atomic mass is 9.85. The maximum atomic E-state index is 13.8. The Labute approximate surface area is 226 Å². The fraction of sp³-hybridized carbons (Fsp3) is 0.148. The third-order valence-corrected chi connectivity index (χ3v) is 7.47. The predicted octanol–water partition coefficient (Wildman–Crippen LogP) is 5.63. The summed E-state index contributed by atoms with van der Waals surface area (Å²) in [5.74, 6) is -1.92. The molecule has 2 aromatic carbocycles. The highest BCUT2D eigenvalue weighted by Gasteiger charge is 2.41. The van der Waals surface area contributed by atoms with Gasteiger partial charge >= 0.3 is 0 Å². The van der Waals surface area contributed by atoms with Gasteiger partial charge in [-0.05, 0) is 48.5 Å². The molecule has 1 aliphatic rings. The van der Waals surface area contributed by atoms with Crippen LogP contribution in [0.3, 0.4) is 0 Å². The lowest BCUT2D eigenvalue weighted by Crippen LogP contribution is -2.31. The molecule has 1 unspecified atom stereocenters. The number of thioether (sulfide) groups is 1. The van der Waals surface area contributed by atoms with E-state index in [0.717, 1.165) is 16.2 Å². The minimum Gasteiger partial charge on any atom is -0.506 e. The van der Waals surface area contributed by atoms with Crippen molar-refractivity contribution in [2.24, 2.45) is 7.05 Å². The Morgan fingerprint density at radius 2 is 1.78 bits per heavy atom. The molecule has 0 saturated carbocycles.